The van der Waals surface area contributed by atoms with Gasteiger partial charge in [-0.3, -0.25) is 5.73 Å². The molecule has 1 aromatic carbocycles. The van der Waals surface area contributed by atoms with Gasteiger partial charge in [-0.25, -0.2) is 15.3 Å². The van der Waals surface area contributed by atoms with Crippen LogP contribution in [0.15, 0.2) is 24.3 Å². The summed E-state index contributed by atoms with van der Waals surface area (Å²) < 4.78 is 5.70. The molecule has 24 heavy (non-hydrogen) atoms. The molecule has 1 aliphatic carbocycles. The van der Waals surface area contributed by atoms with Crippen molar-refractivity contribution in [1.29, 1.82) is 0 Å². The summed E-state index contributed by atoms with van der Waals surface area (Å²) in [6.45, 7) is 2.93. The Morgan fingerprint density at radius 2 is 1.92 bits per heavy atom. The van der Waals surface area contributed by atoms with Gasteiger partial charge in [0.25, 0.3) is 0 Å². The summed E-state index contributed by atoms with van der Waals surface area (Å²) in [6.07, 6.45) is 8.09. The average Bonchev–Trinajstić information content (AvgIpc) is 2.56. The van der Waals surface area contributed by atoms with Crippen molar-refractivity contribution >= 4 is 17.6 Å². The molecule has 6 N–H and O–H groups in total. The fourth-order valence-electron chi connectivity index (χ4n) is 3.31. The Balaban J connectivity index is 1.64. The van der Waals surface area contributed by atoms with Crippen LogP contribution in [0.25, 0.3) is 0 Å². The zero-order valence-electron chi connectivity index (χ0n) is 14.5. The van der Waals surface area contributed by atoms with E-state index in [1.54, 1.807) is 0 Å². The predicted octanol–water partition coefficient (Wildman–Crippen LogP) is -0.627. The minimum Gasteiger partial charge on any atom is -0.494 e. The number of guanidine groups is 2. The van der Waals surface area contributed by atoms with Crippen LogP contribution in [0.2, 0.25) is 0 Å². The quantitative estimate of drug-likeness (QED) is 0.465. The van der Waals surface area contributed by atoms with Crippen LogP contribution in [-0.4, -0.2) is 24.2 Å². The second-order valence-electron chi connectivity index (χ2n) is 6.66. The van der Waals surface area contributed by atoms with Crippen molar-refractivity contribution in [3.63, 3.8) is 0 Å². The van der Waals surface area contributed by atoms with E-state index in [1.165, 1.54) is 19.3 Å². The number of hydrogen-bond acceptors (Lipinski definition) is 4. The van der Waals surface area contributed by atoms with E-state index in [9.17, 15) is 0 Å². The first-order valence-electron chi connectivity index (χ1n) is 9.02. The third kappa shape index (κ3) is 4.19. The van der Waals surface area contributed by atoms with Gasteiger partial charge in [-0.15, -0.1) is 0 Å². The second kappa shape index (κ2) is 7.55. The molecule has 0 aromatic heterocycles. The van der Waals surface area contributed by atoms with E-state index in [0.717, 1.165) is 49.7 Å². The molecule has 130 valence electrons. The second-order valence-corrected chi connectivity index (χ2v) is 6.66. The van der Waals surface area contributed by atoms with E-state index in [2.05, 4.69) is 27.5 Å². The van der Waals surface area contributed by atoms with Gasteiger partial charge in [-0.1, -0.05) is 19.8 Å². The smallest absolute Gasteiger partial charge is 0.360 e. The molecule has 0 atom stereocenters. The largest absolute Gasteiger partial charge is 0.494 e. The number of benzene rings is 1. The van der Waals surface area contributed by atoms with E-state index in [0.29, 0.717) is 5.96 Å². The third-order valence-corrected chi connectivity index (χ3v) is 4.60. The first kappa shape index (κ1) is 16.6. The molecule has 0 bridgehead atoms. The van der Waals surface area contributed by atoms with Gasteiger partial charge in [0.1, 0.15) is 5.75 Å². The molecule has 1 heterocycles. The van der Waals surface area contributed by atoms with Gasteiger partial charge in [0.2, 0.25) is 5.66 Å². The average molecular weight is 331 g/mol. The molecule has 0 saturated heterocycles. The standard InChI is InChI=1S/C18H27N5O/c1-2-3-13-24-15-9-7-14(8-10-15)20-17-21-16(19)22-18(23-17)11-5-4-6-12-18/h7-10H,2-6,11-13H2,1H3,(H4,19,20,21,22,23)/p+2. The summed E-state index contributed by atoms with van der Waals surface area (Å²) in [5.74, 6) is 2.32. The number of anilines is 1. The van der Waals surface area contributed by atoms with Crippen LogP contribution in [0.5, 0.6) is 5.75 Å². The van der Waals surface area contributed by atoms with Crippen molar-refractivity contribution in [2.45, 2.75) is 57.5 Å². The molecule has 2 aliphatic rings. The maximum absolute atomic E-state index is 6.05. The summed E-state index contributed by atoms with van der Waals surface area (Å²) in [5.41, 5.74) is 6.92. The molecule has 1 aliphatic heterocycles. The summed E-state index contributed by atoms with van der Waals surface area (Å²) >= 11 is 0. The molecule has 6 nitrogen and oxygen atoms in total. The molecule has 3 rings (SSSR count). The lowest BCUT2D eigenvalue weighted by atomic mass is 9.90. The number of nitrogens with one attached hydrogen (secondary N) is 4. The lowest BCUT2D eigenvalue weighted by Gasteiger charge is -2.30. The molecular weight excluding hydrogens is 302 g/mol. The normalized spacial score (nSPS) is 19.2. The molecule has 1 saturated carbocycles. The number of rotatable bonds is 5. The molecule has 0 radical (unpaired) electrons. The zero-order valence-corrected chi connectivity index (χ0v) is 14.5. The van der Waals surface area contributed by atoms with Crippen LogP contribution in [-0.2, 0) is 0 Å². The predicted molar refractivity (Wildman–Crippen MR) is 95.5 cm³/mol. The lowest BCUT2D eigenvalue weighted by molar-refractivity contribution is -0.803. The summed E-state index contributed by atoms with van der Waals surface area (Å²) in [7, 11) is 0. The lowest BCUT2D eigenvalue weighted by Crippen LogP contribution is -3.15. The topological polar surface area (TPSA) is 87.2 Å². The highest BCUT2D eigenvalue weighted by Gasteiger charge is 2.38. The minimum absolute atomic E-state index is 0.126. The maximum Gasteiger partial charge on any atom is 0.360 e. The van der Waals surface area contributed by atoms with E-state index >= 15 is 0 Å². The van der Waals surface area contributed by atoms with Crippen LogP contribution >= 0.6 is 0 Å². The number of unbranched alkanes of at least 4 members (excludes halogenated alkanes) is 1. The van der Waals surface area contributed by atoms with Crippen LogP contribution in [0.1, 0.15) is 51.9 Å². The van der Waals surface area contributed by atoms with E-state index in [-0.39, 0.29) is 5.66 Å². The van der Waals surface area contributed by atoms with Gasteiger partial charge >= 0.3 is 11.9 Å². The molecule has 0 unspecified atom stereocenters. The van der Waals surface area contributed by atoms with Crippen LogP contribution in [0.3, 0.4) is 0 Å². The van der Waals surface area contributed by atoms with Crippen molar-refractivity contribution in [2.75, 3.05) is 11.9 Å². The van der Waals surface area contributed by atoms with Crippen LogP contribution < -0.4 is 31.1 Å². The third-order valence-electron chi connectivity index (χ3n) is 4.60. The van der Waals surface area contributed by atoms with Crippen molar-refractivity contribution in [1.82, 2.24) is 5.32 Å². The summed E-state index contributed by atoms with van der Waals surface area (Å²) in [4.78, 5) is 6.93. The number of ether oxygens (including phenoxy) is 1. The van der Waals surface area contributed by atoms with Crippen LogP contribution in [0.4, 0.5) is 5.69 Å². The summed E-state index contributed by atoms with van der Waals surface area (Å²) in [6, 6.07) is 8.01. The van der Waals surface area contributed by atoms with Gasteiger partial charge in [0, 0.05) is 12.8 Å². The van der Waals surface area contributed by atoms with Crippen molar-refractivity contribution in [3.8, 4) is 5.75 Å². The Labute approximate surface area is 143 Å². The highest BCUT2D eigenvalue weighted by atomic mass is 16.5. The monoisotopic (exact) mass is 331 g/mol. The molecule has 6 heteroatoms. The molecule has 1 spiro atoms. The van der Waals surface area contributed by atoms with Crippen molar-refractivity contribution < 1.29 is 14.7 Å². The molecule has 1 aromatic rings. The molecular formula is C18H29N5O+2. The highest BCUT2D eigenvalue weighted by Crippen LogP contribution is 2.19. The maximum atomic E-state index is 6.05. The van der Waals surface area contributed by atoms with Gasteiger partial charge in [0.05, 0.1) is 12.3 Å². The minimum atomic E-state index is -0.126. The Morgan fingerprint density at radius 3 is 2.62 bits per heavy atom. The zero-order chi connectivity index (χ0) is 16.8. The van der Waals surface area contributed by atoms with E-state index in [1.807, 2.05) is 24.3 Å². The first-order chi connectivity index (χ1) is 11.7. The van der Waals surface area contributed by atoms with Gasteiger partial charge in [-0.2, -0.15) is 5.32 Å². The Hall–Kier alpha value is -2.24. The van der Waals surface area contributed by atoms with Gasteiger partial charge < -0.3 is 4.74 Å². The molecule has 0 amide bonds. The Bertz CT molecular complexity index is 602. The highest BCUT2D eigenvalue weighted by molar-refractivity contribution is 6.00. The SMILES string of the molecule is CCCCOc1ccc(NC2=[NH+]C3(CCCCC3)[NH+]=C(N)N2)cc1. The Kier molecular flexibility index (Phi) is 5.23. The molecule has 1 fully saturated rings. The fraction of sp³-hybridized carbons (Fsp3) is 0.556. The van der Waals surface area contributed by atoms with Crippen LogP contribution in [0, 0.1) is 0 Å². The number of nitrogens with two attached hydrogens (primary N) is 1. The fourth-order valence-corrected chi connectivity index (χ4v) is 3.31. The summed E-state index contributed by atoms with van der Waals surface area (Å²) in [5, 5.41) is 6.51. The van der Waals surface area contributed by atoms with Crippen molar-refractivity contribution in [2.24, 2.45) is 5.73 Å². The van der Waals surface area contributed by atoms with Crippen molar-refractivity contribution in [3.05, 3.63) is 24.3 Å². The van der Waals surface area contributed by atoms with E-state index in [4.69, 9.17) is 10.5 Å². The first-order valence-corrected chi connectivity index (χ1v) is 9.02. The van der Waals surface area contributed by atoms with E-state index < -0.39 is 0 Å². The van der Waals surface area contributed by atoms with Gasteiger partial charge in [-0.05, 0) is 43.5 Å². The Morgan fingerprint density at radius 1 is 1.17 bits per heavy atom. The number of hydrogen-bond donors (Lipinski definition) is 5. The van der Waals surface area contributed by atoms with Gasteiger partial charge in [0.15, 0.2) is 0 Å².